The average Bonchev–Trinajstić information content (AvgIpc) is 3.06. The largest absolute Gasteiger partial charge is 0.489 e. The highest BCUT2D eigenvalue weighted by Crippen LogP contribution is 2.32. The standard InChI is InChI=1S/C20H14F6N2O3/c1-11-16(10-30-15-7-3-5-13(9-15)20(24,25)26)17(28-31-11)18(29)27-14-6-2-4-12(8-14)19(21,22)23/h2-9H,10H2,1H3,(H,27,29). The van der Waals surface area contributed by atoms with Gasteiger partial charge < -0.3 is 14.6 Å². The molecule has 0 atom stereocenters. The summed E-state index contributed by atoms with van der Waals surface area (Å²) in [5, 5.41) is 5.87. The van der Waals surface area contributed by atoms with E-state index in [4.69, 9.17) is 9.26 Å². The lowest BCUT2D eigenvalue weighted by atomic mass is 10.1. The second-order valence-electron chi connectivity index (χ2n) is 6.41. The van der Waals surface area contributed by atoms with Crippen LogP contribution >= 0.6 is 0 Å². The lowest BCUT2D eigenvalue weighted by Crippen LogP contribution is -2.16. The second kappa shape index (κ2) is 8.32. The minimum Gasteiger partial charge on any atom is -0.489 e. The van der Waals surface area contributed by atoms with Gasteiger partial charge >= 0.3 is 12.4 Å². The summed E-state index contributed by atoms with van der Waals surface area (Å²) in [6.07, 6.45) is -9.14. The van der Waals surface area contributed by atoms with Crippen LogP contribution in [0.2, 0.25) is 0 Å². The minimum absolute atomic E-state index is 0.0975. The number of carbonyl (C=O) groups excluding carboxylic acids is 1. The van der Waals surface area contributed by atoms with Gasteiger partial charge in [0.15, 0.2) is 5.69 Å². The van der Waals surface area contributed by atoms with Gasteiger partial charge in [0.05, 0.1) is 16.7 Å². The molecule has 31 heavy (non-hydrogen) atoms. The molecule has 1 aromatic heterocycles. The van der Waals surface area contributed by atoms with Gasteiger partial charge in [-0.1, -0.05) is 17.3 Å². The number of rotatable bonds is 5. The van der Waals surface area contributed by atoms with Crippen LogP contribution in [0, 0.1) is 6.92 Å². The van der Waals surface area contributed by atoms with Crippen molar-refractivity contribution in [1.29, 1.82) is 0 Å². The van der Waals surface area contributed by atoms with Crippen LogP contribution < -0.4 is 10.1 Å². The summed E-state index contributed by atoms with van der Waals surface area (Å²) < 4.78 is 87.3. The Morgan fingerprint density at radius 3 is 2.26 bits per heavy atom. The topological polar surface area (TPSA) is 64.4 Å². The number of halogens is 6. The summed E-state index contributed by atoms with van der Waals surface area (Å²) in [6, 6.07) is 8.15. The number of aromatic nitrogens is 1. The number of nitrogens with one attached hydrogen (secondary N) is 1. The number of benzene rings is 2. The fourth-order valence-corrected chi connectivity index (χ4v) is 2.62. The molecule has 1 N–H and O–H groups in total. The predicted octanol–water partition coefficient (Wildman–Crippen LogP) is 5.85. The van der Waals surface area contributed by atoms with E-state index in [-0.39, 0.29) is 35.1 Å². The predicted molar refractivity (Wildman–Crippen MR) is 96.4 cm³/mol. The summed E-state index contributed by atoms with van der Waals surface area (Å²) >= 11 is 0. The van der Waals surface area contributed by atoms with Crippen LogP contribution in [0.5, 0.6) is 5.75 Å². The third-order valence-corrected chi connectivity index (χ3v) is 4.19. The zero-order valence-electron chi connectivity index (χ0n) is 15.8. The molecule has 0 aliphatic heterocycles. The number of anilines is 1. The third-order valence-electron chi connectivity index (χ3n) is 4.19. The van der Waals surface area contributed by atoms with Crippen molar-refractivity contribution in [1.82, 2.24) is 5.16 Å². The van der Waals surface area contributed by atoms with Crippen LogP contribution in [0.1, 0.15) is 32.9 Å². The lowest BCUT2D eigenvalue weighted by Gasteiger charge is -2.11. The van der Waals surface area contributed by atoms with Crippen LogP contribution in [0.3, 0.4) is 0 Å². The molecule has 1 amide bonds. The van der Waals surface area contributed by atoms with Gasteiger partial charge in [0.25, 0.3) is 5.91 Å². The second-order valence-corrected chi connectivity index (χ2v) is 6.41. The van der Waals surface area contributed by atoms with E-state index in [1.54, 1.807) is 0 Å². The maximum Gasteiger partial charge on any atom is 0.416 e. The third kappa shape index (κ3) is 5.36. The molecule has 3 aromatic rings. The highest BCUT2D eigenvalue weighted by Gasteiger charge is 2.31. The molecule has 5 nitrogen and oxygen atoms in total. The summed E-state index contributed by atoms with van der Waals surface area (Å²) in [6.45, 7) is 1.11. The van der Waals surface area contributed by atoms with Crippen molar-refractivity contribution in [3.05, 3.63) is 76.7 Å². The highest BCUT2D eigenvalue weighted by molar-refractivity contribution is 6.03. The first-order valence-electron chi connectivity index (χ1n) is 8.69. The molecular formula is C20H14F6N2O3. The Labute approximate surface area is 171 Å². The normalized spacial score (nSPS) is 12.0. The van der Waals surface area contributed by atoms with Gasteiger partial charge in [-0.3, -0.25) is 4.79 Å². The smallest absolute Gasteiger partial charge is 0.416 e. The van der Waals surface area contributed by atoms with Crippen LogP contribution in [0.25, 0.3) is 0 Å². The molecule has 0 aliphatic carbocycles. The van der Waals surface area contributed by atoms with E-state index in [9.17, 15) is 31.1 Å². The first-order valence-corrected chi connectivity index (χ1v) is 8.69. The molecule has 2 aromatic carbocycles. The van der Waals surface area contributed by atoms with E-state index in [0.29, 0.717) is 0 Å². The van der Waals surface area contributed by atoms with E-state index in [2.05, 4.69) is 10.5 Å². The number of hydrogen-bond donors (Lipinski definition) is 1. The summed E-state index contributed by atoms with van der Waals surface area (Å²) in [7, 11) is 0. The summed E-state index contributed by atoms with van der Waals surface area (Å²) in [4.78, 5) is 12.5. The average molecular weight is 444 g/mol. The molecule has 0 spiro atoms. The van der Waals surface area contributed by atoms with Crippen molar-refractivity contribution in [2.45, 2.75) is 25.9 Å². The van der Waals surface area contributed by atoms with Crippen LogP contribution in [-0.2, 0) is 19.0 Å². The van der Waals surface area contributed by atoms with Gasteiger partial charge in [-0.05, 0) is 43.3 Å². The molecule has 0 fully saturated rings. The summed E-state index contributed by atoms with van der Waals surface area (Å²) in [5.41, 5.74) is -2.10. The van der Waals surface area contributed by atoms with Crippen molar-refractivity contribution in [2.24, 2.45) is 0 Å². The fraction of sp³-hybridized carbons (Fsp3) is 0.200. The van der Waals surface area contributed by atoms with Crippen molar-refractivity contribution < 1.29 is 40.4 Å². The van der Waals surface area contributed by atoms with Crippen LogP contribution in [0.4, 0.5) is 32.0 Å². The Bertz CT molecular complexity index is 1090. The Balaban J connectivity index is 1.76. The Kier molecular flexibility index (Phi) is 5.96. The lowest BCUT2D eigenvalue weighted by molar-refractivity contribution is -0.138. The number of amides is 1. The zero-order valence-corrected chi connectivity index (χ0v) is 15.8. The summed E-state index contributed by atoms with van der Waals surface area (Å²) in [5.74, 6) is -0.792. The number of ether oxygens (including phenoxy) is 1. The van der Waals surface area contributed by atoms with Gasteiger partial charge in [0.2, 0.25) is 0 Å². The Morgan fingerprint density at radius 2 is 1.61 bits per heavy atom. The molecule has 0 saturated carbocycles. The molecule has 0 aliphatic rings. The SMILES string of the molecule is Cc1onc(C(=O)Nc2cccc(C(F)(F)F)c2)c1COc1cccc(C(F)(F)F)c1. The van der Waals surface area contributed by atoms with Gasteiger partial charge in [-0.2, -0.15) is 26.3 Å². The van der Waals surface area contributed by atoms with Gasteiger partial charge in [0, 0.05) is 5.69 Å². The minimum atomic E-state index is -4.59. The van der Waals surface area contributed by atoms with E-state index in [1.165, 1.54) is 25.1 Å². The van der Waals surface area contributed by atoms with Crippen molar-refractivity contribution in [2.75, 3.05) is 5.32 Å². The molecule has 0 saturated heterocycles. The van der Waals surface area contributed by atoms with E-state index < -0.39 is 29.4 Å². The number of alkyl halides is 6. The number of nitrogens with zero attached hydrogens (tertiary/aromatic N) is 1. The quantitative estimate of drug-likeness (QED) is 0.502. The van der Waals surface area contributed by atoms with Crippen molar-refractivity contribution in [3.8, 4) is 5.75 Å². The van der Waals surface area contributed by atoms with Crippen LogP contribution in [-0.4, -0.2) is 11.1 Å². The first-order chi connectivity index (χ1) is 14.4. The fourth-order valence-electron chi connectivity index (χ4n) is 2.62. The van der Waals surface area contributed by atoms with Crippen molar-refractivity contribution >= 4 is 11.6 Å². The number of aryl methyl sites for hydroxylation is 1. The molecule has 0 bridgehead atoms. The molecule has 11 heteroatoms. The maximum atomic E-state index is 12.8. The Morgan fingerprint density at radius 1 is 1.00 bits per heavy atom. The van der Waals surface area contributed by atoms with E-state index >= 15 is 0 Å². The zero-order chi connectivity index (χ0) is 22.8. The molecule has 0 unspecified atom stereocenters. The van der Waals surface area contributed by atoms with Gasteiger partial charge in [-0.25, -0.2) is 0 Å². The van der Waals surface area contributed by atoms with E-state index in [0.717, 1.165) is 30.3 Å². The molecular weight excluding hydrogens is 430 g/mol. The van der Waals surface area contributed by atoms with Crippen LogP contribution in [0.15, 0.2) is 53.1 Å². The van der Waals surface area contributed by atoms with Gasteiger partial charge in [0.1, 0.15) is 18.1 Å². The van der Waals surface area contributed by atoms with Crippen molar-refractivity contribution in [3.63, 3.8) is 0 Å². The molecule has 164 valence electrons. The first kappa shape index (κ1) is 22.2. The molecule has 0 radical (unpaired) electrons. The van der Waals surface area contributed by atoms with E-state index in [1.807, 2.05) is 0 Å². The molecule has 3 rings (SSSR count). The maximum absolute atomic E-state index is 12.8. The number of carbonyl (C=O) groups is 1. The Hall–Kier alpha value is -3.50. The molecule has 1 heterocycles. The monoisotopic (exact) mass is 444 g/mol. The number of hydrogen-bond acceptors (Lipinski definition) is 4. The highest BCUT2D eigenvalue weighted by atomic mass is 19.4. The van der Waals surface area contributed by atoms with Gasteiger partial charge in [-0.15, -0.1) is 0 Å².